The molecule has 1 saturated carbocycles. The molecular weight excluding hydrogens is 512 g/mol. The fourth-order valence-electron chi connectivity index (χ4n) is 4.22. The Labute approximate surface area is 215 Å². The number of amides is 2. The number of carbonyl (C=O) groups is 2. The first kappa shape index (κ1) is 27.9. The summed E-state index contributed by atoms with van der Waals surface area (Å²) >= 11 is 6.30. The first-order chi connectivity index (χ1) is 17.0. The summed E-state index contributed by atoms with van der Waals surface area (Å²) in [5.74, 6) is -3.45. The lowest BCUT2D eigenvalue weighted by atomic mass is 9.95. The molecule has 1 atom stereocenters. The second kappa shape index (κ2) is 12.0. The third-order valence-corrected chi connectivity index (χ3v) is 7.80. The lowest BCUT2D eigenvalue weighted by Gasteiger charge is -2.33. The van der Waals surface area contributed by atoms with E-state index in [0.717, 1.165) is 50.5 Å². The van der Waals surface area contributed by atoms with Crippen molar-refractivity contribution in [1.82, 2.24) is 10.2 Å². The molecule has 0 spiro atoms. The third-order valence-electron chi connectivity index (χ3n) is 6.29. The van der Waals surface area contributed by atoms with Gasteiger partial charge in [-0.15, -0.1) is 0 Å². The molecule has 1 fully saturated rings. The van der Waals surface area contributed by atoms with Crippen LogP contribution in [-0.4, -0.2) is 50.0 Å². The fraction of sp³-hybridized carbons (Fsp3) is 0.440. The molecule has 1 aliphatic rings. The van der Waals surface area contributed by atoms with Crippen LogP contribution in [0.1, 0.15) is 44.6 Å². The van der Waals surface area contributed by atoms with Gasteiger partial charge in [0, 0.05) is 23.7 Å². The van der Waals surface area contributed by atoms with Gasteiger partial charge in [-0.2, -0.15) is 0 Å². The van der Waals surface area contributed by atoms with Crippen molar-refractivity contribution in [3.05, 3.63) is 64.7 Å². The van der Waals surface area contributed by atoms with E-state index >= 15 is 0 Å². The van der Waals surface area contributed by atoms with Crippen LogP contribution in [0.25, 0.3) is 0 Å². The van der Waals surface area contributed by atoms with Crippen LogP contribution in [0.4, 0.5) is 14.5 Å². The average Bonchev–Trinajstić information content (AvgIpc) is 2.83. The summed E-state index contributed by atoms with van der Waals surface area (Å²) in [4.78, 5) is 27.9. The topological polar surface area (TPSA) is 86.8 Å². The molecule has 0 radical (unpaired) electrons. The van der Waals surface area contributed by atoms with E-state index in [2.05, 4.69) is 5.32 Å². The molecule has 1 aliphatic carbocycles. The second-order valence-corrected chi connectivity index (χ2v) is 11.3. The summed E-state index contributed by atoms with van der Waals surface area (Å²) in [6.07, 6.45) is 5.71. The van der Waals surface area contributed by atoms with Crippen LogP contribution in [0.5, 0.6) is 0 Å². The Morgan fingerprint density at radius 3 is 2.36 bits per heavy atom. The van der Waals surface area contributed by atoms with E-state index in [1.54, 1.807) is 31.2 Å². The Hall–Kier alpha value is -2.72. The molecular formula is C25H30ClF2N3O4S. The zero-order valence-corrected chi connectivity index (χ0v) is 21.8. The van der Waals surface area contributed by atoms with Gasteiger partial charge in [-0.3, -0.25) is 13.9 Å². The summed E-state index contributed by atoms with van der Waals surface area (Å²) in [5.41, 5.74) is 0.366. The van der Waals surface area contributed by atoms with Crippen LogP contribution in [0.15, 0.2) is 42.5 Å². The van der Waals surface area contributed by atoms with Crippen LogP contribution < -0.4 is 9.62 Å². The van der Waals surface area contributed by atoms with Gasteiger partial charge in [0.2, 0.25) is 21.8 Å². The smallest absolute Gasteiger partial charge is 0.244 e. The van der Waals surface area contributed by atoms with Crippen LogP contribution in [0.2, 0.25) is 5.02 Å². The van der Waals surface area contributed by atoms with Gasteiger partial charge in [-0.25, -0.2) is 17.2 Å². The van der Waals surface area contributed by atoms with Gasteiger partial charge in [0.15, 0.2) is 11.6 Å². The Morgan fingerprint density at radius 2 is 1.75 bits per heavy atom. The molecule has 1 N–H and O–H groups in total. The number of carbonyl (C=O) groups excluding carboxylic acids is 2. The van der Waals surface area contributed by atoms with E-state index in [1.807, 2.05) is 0 Å². The number of anilines is 1. The average molecular weight is 542 g/mol. The van der Waals surface area contributed by atoms with E-state index in [9.17, 15) is 26.8 Å². The minimum absolute atomic E-state index is 0.0145. The maximum Gasteiger partial charge on any atom is 0.244 e. The molecule has 0 saturated heterocycles. The van der Waals surface area contributed by atoms with Gasteiger partial charge >= 0.3 is 0 Å². The maximum atomic E-state index is 13.9. The molecule has 7 nitrogen and oxygen atoms in total. The molecule has 36 heavy (non-hydrogen) atoms. The van der Waals surface area contributed by atoms with E-state index in [4.69, 9.17) is 11.6 Å². The number of halogens is 3. The monoisotopic (exact) mass is 541 g/mol. The number of sulfonamides is 1. The molecule has 0 unspecified atom stereocenters. The van der Waals surface area contributed by atoms with E-state index < -0.39 is 40.2 Å². The molecule has 2 aromatic rings. The summed E-state index contributed by atoms with van der Waals surface area (Å²) in [6.45, 7) is 0.803. The normalized spacial score (nSPS) is 15.2. The Balaban J connectivity index is 1.89. The minimum Gasteiger partial charge on any atom is -0.352 e. The highest BCUT2D eigenvalue weighted by molar-refractivity contribution is 7.92. The highest BCUT2D eigenvalue weighted by Gasteiger charge is 2.31. The largest absolute Gasteiger partial charge is 0.352 e. The third kappa shape index (κ3) is 7.16. The zero-order chi connectivity index (χ0) is 26.5. The summed E-state index contributed by atoms with van der Waals surface area (Å²) in [6, 6.07) is 8.46. The Kier molecular flexibility index (Phi) is 9.30. The molecule has 0 heterocycles. The van der Waals surface area contributed by atoms with Crippen molar-refractivity contribution in [3.63, 3.8) is 0 Å². The van der Waals surface area contributed by atoms with Crippen molar-refractivity contribution in [2.75, 3.05) is 17.1 Å². The molecule has 0 aliphatic heterocycles. The molecule has 0 bridgehead atoms. The highest BCUT2D eigenvalue weighted by atomic mass is 35.5. The Morgan fingerprint density at radius 1 is 1.08 bits per heavy atom. The van der Waals surface area contributed by atoms with E-state index in [0.29, 0.717) is 21.0 Å². The highest BCUT2D eigenvalue weighted by Crippen LogP contribution is 2.23. The van der Waals surface area contributed by atoms with Gasteiger partial charge in [0.05, 0.1) is 11.9 Å². The quantitative estimate of drug-likeness (QED) is 0.514. The summed E-state index contributed by atoms with van der Waals surface area (Å²) in [7, 11) is -4.06. The van der Waals surface area contributed by atoms with Crippen molar-refractivity contribution in [3.8, 4) is 0 Å². The molecule has 2 aromatic carbocycles. The minimum atomic E-state index is -4.06. The predicted molar refractivity (Wildman–Crippen MR) is 135 cm³/mol. The number of rotatable bonds is 9. The van der Waals surface area contributed by atoms with Crippen LogP contribution in [-0.2, 0) is 26.2 Å². The summed E-state index contributed by atoms with van der Waals surface area (Å²) in [5, 5.41) is 3.38. The van der Waals surface area contributed by atoms with Crippen LogP contribution >= 0.6 is 11.6 Å². The molecule has 0 aromatic heterocycles. The van der Waals surface area contributed by atoms with Crippen LogP contribution in [0, 0.1) is 11.6 Å². The van der Waals surface area contributed by atoms with Gasteiger partial charge in [-0.05, 0) is 43.5 Å². The van der Waals surface area contributed by atoms with E-state index in [-0.39, 0.29) is 24.2 Å². The Bertz CT molecular complexity index is 1210. The maximum absolute atomic E-state index is 13.9. The van der Waals surface area contributed by atoms with Crippen molar-refractivity contribution in [2.45, 2.75) is 57.7 Å². The number of hydrogen-bond donors (Lipinski definition) is 1. The zero-order valence-electron chi connectivity index (χ0n) is 20.2. The van der Waals surface area contributed by atoms with Crippen molar-refractivity contribution in [1.29, 1.82) is 0 Å². The van der Waals surface area contributed by atoms with Crippen molar-refractivity contribution >= 4 is 39.1 Å². The van der Waals surface area contributed by atoms with Crippen molar-refractivity contribution in [2.24, 2.45) is 0 Å². The number of nitrogens with one attached hydrogen (secondary N) is 1. The molecule has 2 amide bonds. The standard InChI is InChI=1S/C25H30ClF2N3O4S/c1-17(25(33)29-19-9-4-3-5-10-19)30(15-18-8-6-7-11-21(18)26)24(32)16-31(36(2,34)35)20-12-13-22(27)23(28)14-20/h6-8,11-14,17,19H,3-5,9-10,15-16H2,1-2H3,(H,29,33)/t17-/m1/s1. The first-order valence-corrected chi connectivity index (χ1v) is 14.0. The van der Waals surface area contributed by atoms with Gasteiger partial charge < -0.3 is 10.2 Å². The summed E-state index contributed by atoms with van der Waals surface area (Å²) < 4.78 is 53.0. The van der Waals surface area contributed by atoms with Gasteiger partial charge in [0.25, 0.3) is 0 Å². The SMILES string of the molecule is C[C@H](C(=O)NC1CCCCC1)N(Cc1ccccc1Cl)C(=O)CN(c1ccc(F)c(F)c1)S(C)(=O)=O. The molecule has 3 rings (SSSR count). The lowest BCUT2D eigenvalue weighted by molar-refractivity contribution is -0.139. The van der Waals surface area contributed by atoms with Crippen LogP contribution in [0.3, 0.4) is 0 Å². The predicted octanol–water partition coefficient (Wildman–Crippen LogP) is 4.25. The van der Waals surface area contributed by atoms with Crippen molar-refractivity contribution < 1.29 is 26.8 Å². The molecule has 11 heteroatoms. The first-order valence-electron chi connectivity index (χ1n) is 11.7. The fourth-order valence-corrected chi connectivity index (χ4v) is 5.25. The second-order valence-electron chi connectivity index (χ2n) is 9.00. The number of nitrogens with zero attached hydrogens (tertiary/aromatic N) is 2. The van der Waals surface area contributed by atoms with Gasteiger partial charge in [-0.1, -0.05) is 49.1 Å². The molecule has 196 valence electrons. The number of hydrogen-bond acceptors (Lipinski definition) is 4. The van der Waals surface area contributed by atoms with E-state index in [1.165, 1.54) is 4.90 Å². The number of benzene rings is 2. The van der Waals surface area contributed by atoms with Gasteiger partial charge in [0.1, 0.15) is 12.6 Å². The lowest BCUT2D eigenvalue weighted by Crippen LogP contribution is -2.53.